The van der Waals surface area contributed by atoms with E-state index in [9.17, 15) is 10.1 Å². The first kappa shape index (κ1) is 14.0. The lowest BCUT2D eigenvalue weighted by Crippen LogP contribution is -2.13. The van der Waals surface area contributed by atoms with Crippen LogP contribution in [0.2, 0.25) is 0 Å². The first-order valence-electron chi connectivity index (χ1n) is 6.09. The van der Waals surface area contributed by atoms with Gasteiger partial charge < -0.3 is 10.1 Å². The minimum Gasteiger partial charge on any atom is -0.496 e. The molecule has 1 N–H and O–H groups in total. The highest BCUT2D eigenvalue weighted by molar-refractivity contribution is 5.43. The van der Waals surface area contributed by atoms with Crippen molar-refractivity contribution in [1.82, 2.24) is 15.1 Å². The van der Waals surface area contributed by atoms with Gasteiger partial charge in [0.15, 0.2) is 0 Å². The summed E-state index contributed by atoms with van der Waals surface area (Å²) in [6.45, 7) is 1.12. The van der Waals surface area contributed by atoms with E-state index in [2.05, 4.69) is 10.4 Å². The molecule has 0 bridgehead atoms. The summed E-state index contributed by atoms with van der Waals surface area (Å²) in [7, 11) is 3.40. The van der Waals surface area contributed by atoms with Gasteiger partial charge in [-0.15, -0.1) is 0 Å². The number of non-ortho nitro benzene ring substituents is 1. The van der Waals surface area contributed by atoms with Crippen LogP contribution >= 0.6 is 0 Å². The normalized spacial score (nSPS) is 10.5. The SMILES string of the molecule is COc1ccc([N+](=O)[O-])cc1CNCc1cnn(C)c1. The molecule has 7 heteroatoms. The lowest BCUT2D eigenvalue weighted by atomic mass is 10.1. The van der Waals surface area contributed by atoms with Crippen LogP contribution in [0.3, 0.4) is 0 Å². The lowest BCUT2D eigenvalue weighted by molar-refractivity contribution is -0.384. The van der Waals surface area contributed by atoms with Crippen molar-refractivity contribution in [3.05, 3.63) is 51.8 Å². The van der Waals surface area contributed by atoms with Crippen molar-refractivity contribution in [3.8, 4) is 5.75 Å². The second kappa shape index (κ2) is 6.16. The zero-order valence-electron chi connectivity index (χ0n) is 11.4. The summed E-state index contributed by atoms with van der Waals surface area (Å²) in [6, 6.07) is 4.57. The Hall–Kier alpha value is -2.41. The second-order valence-corrected chi connectivity index (χ2v) is 4.38. The molecule has 0 unspecified atom stereocenters. The lowest BCUT2D eigenvalue weighted by Gasteiger charge is -2.09. The number of nitrogens with one attached hydrogen (secondary N) is 1. The molecule has 0 radical (unpaired) electrons. The van der Waals surface area contributed by atoms with Gasteiger partial charge in [0.2, 0.25) is 0 Å². The molecule has 0 aliphatic heterocycles. The average molecular weight is 276 g/mol. The summed E-state index contributed by atoms with van der Waals surface area (Å²) in [5.41, 5.74) is 1.87. The summed E-state index contributed by atoms with van der Waals surface area (Å²) >= 11 is 0. The van der Waals surface area contributed by atoms with Crippen LogP contribution in [0.25, 0.3) is 0 Å². The van der Waals surface area contributed by atoms with Gasteiger partial charge in [0.25, 0.3) is 5.69 Å². The molecule has 0 spiro atoms. The zero-order valence-corrected chi connectivity index (χ0v) is 11.4. The second-order valence-electron chi connectivity index (χ2n) is 4.38. The smallest absolute Gasteiger partial charge is 0.270 e. The first-order valence-corrected chi connectivity index (χ1v) is 6.09. The molecular formula is C13H16N4O3. The Labute approximate surface area is 116 Å². The zero-order chi connectivity index (χ0) is 14.5. The Kier molecular flexibility index (Phi) is 4.31. The highest BCUT2D eigenvalue weighted by atomic mass is 16.6. The molecule has 20 heavy (non-hydrogen) atoms. The Morgan fingerprint density at radius 2 is 2.25 bits per heavy atom. The van der Waals surface area contributed by atoms with E-state index in [1.165, 1.54) is 12.1 Å². The Morgan fingerprint density at radius 1 is 1.45 bits per heavy atom. The largest absolute Gasteiger partial charge is 0.496 e. The Bertz CT molecular complexity index is 609. The van der Waals surface area contributed by atoms with Crippen molar-refractivity contribution in [3.63, 3.8) is 0 Å². The van der Waals surface area contributed by atoms with E-state index >= 15 is 0 Å². The van der Waals surface area contributed by atoms with Crippen LogP contribution in [-0.4, -0.2) is 21.8 Å². The van der Waals surface area contributed by atoms with Gasteiger partial charge in [-0.3, -0.25) is 14.8 Å². The molecule has 2 rings (SSSR count). The van der Waals surface area contributed by atoms with Gasteiger partial charge in [-0.25, -0.2) is 0 Å². The van der Waals surface area contributed by atoms with Gasteiger partial charge in [0.1, 0.15) is 5.75 Å². The van der Waals surface area contributed by atoms with E-state index in [1.807, 2.05) is 13.2 Å². The molecule has 106 valence electrons. The molecule has 1 aromatic carbocycles. The van der Waals surface area contributed by atoms with Crippen molar-refractivity contribution in [2.24, 2.45) is 7.05 Å². The number of nitro groups is 1. The van der Waals surface area contributed by atoms with Crippen molar-refractivity contribution in [2.75, 3.05) is 7.11 Å². The third-order valence-electron chi connectivity index (χ3n) is 2.88. The number of aromatic nitrogens is 2. The molecule has 2 aromatic rings. The number of hydrogen-bond acceptors (Lipinski definition) is 5. The van der Waals surface area contributed by atoms with Crippen LogP contribution in [0.1, 0.15) is 11.1 Å². The number of aryl methyl sites for hydroxylation is 1. The summed E-state index contributed by atoms with van der Waals surface area (Å²) in [5, 5.41) is 18.1. The van der Waals surface area contributed by atoms with E-state index in [1.54, 1.807) is 24.1 Å². The van der Waals surface area contributed by atoms with Gasteiger partial charge in [-0.1, -0.05) is 0 Å². The summed E-state index contributed by atoms with van der Waals surface area (Å²) < 4.78 is 6.94. The highest BCUT2D eigenvalue weighted by Crippen LogP contribution is 2.23. The molecule has 0 amide bonds. The van der Waals surface area contributed by atoms with E-state index in [-0.39, 0.29) is 5.69 Å². The maximum atomic E-state index is 10.8. The molecule has 1 aromatic heterocycles. The van der Waals surface area contributed by atoms with E-state index in [4.69, 9.17) is 4.74 Å². The molecular weight excluding hydrogens is 260 g/mol. The van der Waals surface area contributed by atoms with E-state index < -0.39 is 4.92 Å². The van der Waals surface area contributed by atoms with Gasteiger partial charge >= 0.3 is 0 Å². The van der Waals surface area contributed by atoms with Crippen molar-refractivity contribution >= 4 is 5.69 Å². The fourth-order valence-electron chi connectivity index (χ4n) is 1.92. The standard InChI is InChI=1S/C13H16N4O3/c1-16-9-10(7-15-16)6-14-8-11-5-12(17(18)19)3-4-13(11)20-2/h3-5,7,9,14H,6,8H2,1-2H3. The quantitative estimate of drug-likeness (QED) is 0.640. The third kappa shape index (κ3) is 3.33. The first-order chi connectivity index (χ1) is 9.60. The van der Waals surface area contributed by atoms with Crippen LogP contribution < -0.4 is 10.1 Å². The average Bonchev–Trinajstić information content (AvgIpc) is 2.84. The Morgan fingerprint density at radius 3 is 2.85 bits per heavy atom. The molecule has 1 heterocycles. The van der Waals surface area contributed by atoms with Crippen LogP contribution in [0.15, 0.2) is 30.6 Å². The van der Waals surface area contributed by atoms with Gasteiger partial charge in [0, 0.05) is 49.6 Å². The predicted octanol–water partition coefficient (Wildman–Crippen LogP) is 1.63. The maximum Gasteiger partial charge on any atom is 0.270 e. The van der Waals surface area contributed by atoms with Crippen LogP contribution in [0.4, 0.5) is 5.69 Å². The van der Waals surface area contributed by atoms with Crippen molar-refractivity contribution in [1.29, 1.82) is 0 Å². The molecule has 0 aliphatic rings. The third-order valence-corrected chi connectivity index (χ3v) is 2.88. The number of hydrogen-bond donors (Lipinski definition) is 1. The van der Waals surface area contributed by atoms with Crippen molar-refractivity contribution < 1.29 is 9.66 Å². The molecule has 0 saturated heterocycles. The molecule has 7 nitrogen and oxygen atoms in total. The number of benzene rings is 1. The number of nitro benzene ring substituents is 1. The number of rotatable bonds is 6. The fourth-order valence-corrected chi connectivity index (χ4v) is 1.92. The fraction of sp³-hybridized carbons (Fsp3) is 0.308. The number of ether oxygens (including phenoxy) is 1. The van der Waals surface area contributed by atoms with Gasteiger partial charge in [-0.05, 0) is 6.07 Å². The van der Waals surface area contributed by atoms with Gasteiger partial charge in [-0.2, -0.15) is 5.10 Å². The monoisotopic (exact) mass is 276 g/mol. The summed E-state index contributed by atoms with van der Waals surface area (Å²) in [5.74, 6) is 0.634. The maximum absolute atomic E-state index is 10.8. The Balaban J connectivity index is 2.03. The summed E-state index contributed by atoms with van der Waals surface area (Å²) in [4.78, 5) is 10.4. The molecule has 0 aliphatic carbocycles. The van der Waals surface area contributed by atoms with Crippen molar-refractivity contribution in [2.45, 2.75) is 13.1 Å². The molecule has 0 saturated carbocycles. The minimum absolute atomic E-state index is 0.0592. The van der Waals surface area contributed by atoms with Gasteiger partial charge in [0.05, 0.1) is 18.2 Å². The molecule has 0 fully saturated rings. The van der Waals surface area contributed by atoms with E-state index in [0.29, 0.717) is 18.8 Å². The molecule has 0 atom stereocenters. The number of nitrogens with zero attached hydrogens (tertiary/aromatic N) is 3. The summed E-state index contributed by atoms with van der Waals surface area (Å²) in [6.07, 6.45) is 3.69. The van der Waals surface area contributed by atoms with Crippen LogP contribution in [0, 0.1) is 10.1 Å². The predicted molar refractivity (Wildman–Crippen MR) is 73.4 cm³/mol. The topological polar surface area (TPSA) is 82.2 Å². The van der Waals surface area contributed by atoms with Crippen LogP contribution in [0.5, 0.6) is 5.75 Å². The minimum atomic E-state index is -0.413. The van der Waals surface area contributed by atoms with E-state index in [0.717, 1.165) is 11.1 Å². The highest BCUT2D eigenvalue weighted by Gasteiger charge is 2.11. The van der Waals surface area contributed by atoms with Crippen LogP contribution in [-0.2, 0) is 20.1 Å². The number of methoxy groups -OCH3 is 1.